The molecule has 2 N–H and O–H groups in total. The molecule has 0 atom stereocenters. The lowest BCUT2D eigenvalue weighted by atomic mass is 10.1. The van der Waals surface area contributed by atoms with Crippen LogP contribution >= 0.6 is 35.2 Å². The highest BCUT2D eigenvalue weighted by molar-refractivity contribution is 7.80. The third-order valence-electron chi connectivity index (χ3n) is 3.36. The van der Waals surface area contributed by atoms with E-state index in [1.165, 1.54) is 30.6 Å². The van der Waals surface area contributed by atoms with Crippen LogP contribution in [0.15, 0.2) is 18.2 Å². The van der Waals surface area contributed by atoms with Crippen LogP contribution in [0.3, 0.4) is 0 Å². The Morgan fingerprint density at radius 2 is 2.12 bits per heavy atom. The number of methoxy groups -OCH3 is 1. The Hall–Kier alpha value is -1.70. The molecule has 1 heterocycles. The van der Waals surface area contributed by atoms with Gasteiger partial charge in [-0.3, -0.25) is 0 Å². The van der Waals surface area contributed by atoms with E-state index in [4.69, 9.17) is 28.6 Å². The van der Waals surface area contributed by atoms with E-state index in [1.54, 1.807) is 6.07 Å². The molecule has 0 aliphatic carbocycles. The molecule has 1 aromatic carbocycles. The molecule has 2 rings (SSSR count). The second kappa shape index (κ2) is 7.92. The van der Waals surface area contributed by atoms with Gasteiger partial charge in [0.2, 0.25) is 0 Å². The molecule has 0 saturated carbocycles. The Labute approximate surface area is 154 Å². The van der Waals surface area contributed by atoms with Gasteiger partial charge in [-0.05, 0) is 49.3 Å². The van der Waals surface area contributed by atoms with Crippen LogP contribution in [0.1, 0.15) is 27.7 Å². The number of anilines is 2. The summed E-state index contributed by atoms with van der Waals surface area (Å²) in [6, 6.07) is 4.24. The van der Waals surface area contributed by atoms with Crippen LogP contribution in [0.2, 0.25) is 5.02 Å². The lowest BCUT2D eigenvalue weighted by Gasteiger charge is -2.11. The van der Waals surface area contributed by atoms with Crippen molar-refractivity contribution in [3.05, 3.63) is 45.0 Å². The molecule has 0 aliphatic heterocycles. The molecule has 0 saturated heterocycles. The zero-order valence-corrected chi connectivity index (χ0v) is 15.7. The SMILES string of the molecule is CCc1c(C)sc(NC(=S)Nc2ccc(Cl)cc2F)c1C(=O)OC. The number of esters is 1. The molecule has 8 heteroatoms. The van der Waals surface area contributed by atoms with Crippen molar-refractivity contribution in [2.45, 2.75) is 20.3 Å². The van der Waals surface area contributed by atoms with Crippen molar-refractivity contribution in [3.63, 3.8) is 0 Å². The summed E-state index contributed by atoms with van der Waals surface area (Å²) in [7, 11) is 1.33. The van der Waals surface area contributed by atoms with Gasteiger partial charge >= 0.3 is 5.97 Å². The summed E-state index contributed by atoms with van der Waals surface area (Å²) in [6.07, 6.45) is 0.695. The van der Waals surface area contributed by atoms with Gasteiger partial charge in [-0.25, -0.2) is 9.18 Å². The predicted octanol–water partition coefficient (Wildman–Crippen LogP) is 5.01. The first-order valence-electron chi connectivity index (χ1n) is 7.11. The highest BCUT2D eigenvalue weighted by Crippen LogP contribution is 2.34. The van der Waals surface area contributed by atoms with Gasteiger partial charge in [-0.2, -0.15) is 0 Å². The number of thiophene rings is 1. The average molecular weight is 387 g/mol. The molecule has 24 heavy (non-hydrogen) atoms. The van der Waals surface area contributed by atoms with Gasteiger partial charge in [0, 0.05) is 9.90 Å². The van der Waals surface area contributed by atoms with E-state index in [-0.39, 0.29) is 10.8 Å². The molecular weight excluding hydrogens is 371 g/mol. The van der Waals surface area contributed by atoms with E-state index in [0.29, 0.717) is 22.0 Å². The zero-order chi connectivity index (χ0) is 17.9. The highest BCUT2D eigenvalue weighted by Gasteiger charge is 2.22. The summed E-state index contributed by atoms with van der Waals surface area (Å²) in [5, 5.41) is 6.75. The van der Waals surface area contributed by atoms with Crippen LogP contribution in [0.5, 0.6) is 0 Å². The molecule has 4 nitrogen and oxygen atoms in total. The second-order valence-corrected chi connectivity index (χ2v) is 6.96. The van der Waals surface area contributed by atoms with Crippen LogP contribution < -0.4 is 10.6 Å². The maximum Gasteiger partial charge on any atom is 0.341 e. The minimum absolute atomic E-state index is 0.172. The Balaban J connectivity index is 2.24. The summed E-state index contributed by atoms with van der Waals surface area (Å²) in [5.74, 6) is -0.948. The third kappa shape index (κ3) is 4.03. The summed E-state index contributed by atoms with van der Waals surface area (Å²) in [6.45, 7) is 3.89. The summed E-state index contributed by atoms with van der Waals surface area (Å²) < 4.78 is 18.7. The van der Waals surface area contributed by atoms with E-state index in [9.17, 15) is 9.18 Å². The van der Waals surface area contributed by atoms with E-state index in [2.05, 4.69) is 10.6 Å². The van der Waals surface area contributed by atoms with Gasteiger partial charge < -0.3 is 15.4 Å². The van der Waals surface area contributed by atoms with E-state index in [1.807, 2.05) is 13.8 Å². The standard InChI is InChI=1S/C16H16ClFN2O2S2/c1-4-10-8(2)24-14(13(10)15(21)22-3)20-16(23)19-12-6-5-9(17)7-11(12)18/h5-7H,4H2,1-3H3,(H2,19,20,23). The smallest absolute Gasteiger partial charge is 0.341 e. The molecule has 0 spiro atoms. The van der Waals surface area contributed by atoms with Crippen LogP contribution in [-0.2, 0) is 11.2 Å². The molecule has 0 unspecified atom stereocenters. The number of halogens is 2. The van der Waals surface area contributed by atoms with Gasteiger partial charge in [-0.1, -0.05) is 18.5 Å². The fourth-order valence-corrected chi connectivity index (χ4v) is 3.83. The second-order valence-electron chi connectivity index (χ2n) is 4.89. The maximum atomic E-state index is 13.8. The number of rotatable bonds is 4. The monoisotopic (exact) mass is 386 g/mol. The molecule has 0 amide bonds. The normalized spacial score (nSPS) is 10.4. The summed E-state index contributed by atoms with van der Waals surface area (Å²) in [4.78, 5) is 13.1. The maximum absolute atomic E-state index is 13.8. The van der Waals surface area contributed by atoms with Crippen molar-refractivity contribution >= 4 is 56.9 Å². The lowest BCUT2D eigenvalue weighted by Crippen LogP contribution is -2.20. The number of carbonyl (C=O) groups is 1. The molecule has 128 valence electrons. The summed E-state index contributed by atoms with van der Waals surface area (Å²) in [5.41, 5.74) is 1.57. The van der Waals surface area contributed by atoms with Crippen LogP contribution in [-0.4, -0.2) is 18.2 Å². The highest BCUT2D eigenvalue weighted by atomic mass is 35.5. The number of hydrogen-bond donors (Lipinski definition) is 2. The molecule has 0 fully saturated rings. The van der Waals surface area contributed by atoms with Gasteiger partial charge in [0.05, 0.1) is 18.4 Å². The Morgan fingerprint density at radius 3 is 2.71 bits per heavy atom. The fraction of sp³-hybridized carbons (Fsp3) is 0.250. The first-order chi connectivity index (χ1) is 11.4. The van der Waals surface area contributed by atoms with Gasteiger partial charge in [-0.15, -0.1) is 11.3 Å². The van der Waals surface area contributed by atoms with E-state index in [0.717, 1.165) is 10.4 Å². The Morgan fingerprint density at radius 1 is 1.42 bits per heavy atom. The Bertz CT molecular complexity index is 793. The van der Waals surface area contributed by atoms with Crippen molar-refractivity contribution in [2.75, 3.05) is 17.7 Å². The molecule has 2 aromatic rings. The molecular formula is C16H16ClFN2O2S2. The summed E-state index contributed by atoms with van der Waals surface area (Å²) >= 11 is 12.3. The number of nitrogens with one attached hydrogen (secondary N) is 2. The third-order valence-corrected chi connectivity index (χ3v) is 4.86. The van der Waals surface area contributed by atoms with Gasteiger partial charge in [0.1, 0.15) is 10.8 Å². The van der Waals surface area contributed by atoms with Gasteiger partial charge in [0.15, 0.2) is 5.11 Å². The number of carbonyl (C=O) groups excluding carboxylic acids is 1. The zero-order valence-electron chi connectivity index (χ0n) is 13.3. The Kier molecular flexibility index (Phi) is 6.15. The predicted molar refractivity (Wildman–Crippen MR) is 101 cm³/mol. The molecule has 0 aliphatic rings. The van der Waals surface area contributed by atoms with Gasteiger partial charge in [0.25, 0.3) is 0 Å². The quantitative estimate of drug-likeness (QED) is 0.571. The largest absolute Gasteiger partial charge is 0.465 e. The minimum atomic E-state index is -0.517. The van der Waals surface area contributed by atoms with Crippen LogP contribution in [0, 0.1) is 12.7 Å². The van der Waals surface area contributed by atoms with Crippen molar-refractivity contribution in [3.8, 4) is 0 Å². The van der Waals surface area contributed by atoms with Crippen molar-refractivity contribution in [2.24, 2.45) is 0 Å². The molecule has 0 radical (unpaired) electrons. The van der Waals surface area contributed by atoms with Crippen molar-refractivity contribution in [1.82, 2.24) is 0 Å². The fourth-order valence-electron chi connectivity index (χ4n) is 2.26. The molecule has 0 bridgehead atoms. The minimum Gasteiger partial charge on any atom is -0.465 e. The number of ether oxygens (including phenoxy) is 1. The average Bonchev–Trinajstić information content (AvgIpc) is 2.84. The number of hydrogen-bond acceptors (Lipinski definition) is 4. The molecule has 1 aromatic heterocycles. The van der Waals surface area contributed by atoms with E-state index < -0.39 is 11.8 Å². The van der Waals surface area contributed by atoms with Crippen LogP contribution in [0.25, 0.3) is 0 Å². The van der Waals surface area contributed by atoms with Crippen molar-refractivity contribution in [1.29, 1.82) is 0 Å². The van der Waals surface area contributed by atoms with Crippen molar-refractivity contribution < 1.29 is 13.9 Å². The first kappa shape index (κ1) is 18.6. The lowest BCUT2D eigenvalue weighted by molar-refractivity contribution is 0.0601. The topological polar surface area (TPSA) is 50.4 Å². The number of aryl methyl sites for hydroxylation is 1. The van der Waals surface area contributed by atoms with Crippen LogP contribution in [0.4, 0.5) is 15.1 Å². The van der Waals surface area contributed by atoms with E-state index >= 15 is 0 Å². The number of benzene rings is 1. The first-order valence-corrected chi connectivity index (χ1v) is 8.71. The number of thiocarbonyl (C=S) groups is 1.